The second-order valence-corrected chi connectivity index (χ2v) is 5.14. The summed E-state index contributed by atoms with van der Waals surface area (Å²) in [6, 6.07) is -0.609. The normalized spacial score (nSPS) is 20.9. The number of nitrogens with two attached hydrogens (primary N) is 1. The number of allylic oxidation sites excluding steroid dienone is 5. The molecule has 0 aromatic rings. The third-order valence-electron chi connectivity index (χ3n) is 3.39. The minimum Gasteiger partial charge on any atom is -0.343 e. The Morgan fingerprint density at radius 3 is 2.50 bits per heavy atom. The van der Waals surface area contributed by atoms with Gasteiger partial charge in [-0.1, -0.05) is 0 Å². The van der Waals surface area contributed by atoms with E-state index >= 15 is 0 Å². The standard InChI is InChI=1S/C14H17F3N2O/c15-10-4-9(13(17)7-11(16)6-10)5-12(18)8-14(20)19-2-1-3-19/h4,7,12H,1-3,5-6,8,18H2. The molecular formula is C14H17F3N2O. The van der Waals surface area contributed by atoms with Crippen LogP contribution in [0.1, 0.15) is 25.7 Å². The molecule has 1 heterocycles. The average molecular weight is 286 g/mol. The lowest BCUT2D eigenvalue weighted by atomic mass is 10.0. The number of likely N-dealkylation sites (tertiary alicyclic amines) is 1. The highest BCUT2D eigenvalue weighted by atomic mass is 19.1. The van der Waals surface area contributed by atoms with E-state index in [1.807, 2.05) is 0 Å². The summed E-state index contributed by atoms with van der Waals surface area (Å²) in [5, 5.41) is 0. The predicted octanol–water partition coefficient (Wildman–Crippen LogP) is 2.66. The largest absolute Gasteiger partial charge is 0.343 e. The van der Waals surface area contributed by atoms with E-state index in [4.69, 9.17) is 5.73 Å². The van der Waals surface area contributed by atoms with Crippen LogP contribution >= 0.6 is 0 Å². The first-order valence-electron chi connectivity index (χ1n) is 6.60. The number of rotatable bonds is 4. The van der Waals surface area contributed by atoms with Crippen LogP contribution in [-0.4, -0.2) is 29.9 Å². The molecule has 1 fully saturated rings. The maximum Gasteiger partial charge on any atom is 0.224 e. The van der Waals surface area contributed by atoms with Crippen molar-refractivity contribution in [1.29, 1.82) is 0 Å². The summed E-state index contributed by atoms with van der Waals surface area (Å²) in [6.45, 7) is 1.45. The molecule has 2 aliphatic rings. The highest BCUT2D eigenvalue weighted by molar-refractivity contribution is 5.77. The van der Waals surface area contributed by atoms with Crippen molar-refractivity contribution in [2.75, 3.05) is 13.1 Å². The highest BCUT2D eigenvalue weighted by Crippen LogP contribution is 2.27. The fourth-order valence-corrected chi connectivity index (χ4v) is 2.18. The van der Waals surface area contributed by atoms with Gasteiger partial charge >= 0.3 is 0 Å². The minimum atomic E-state index is -0.864. The summed E-state index contributed by atoms with van der Waals surface area (Å²) < 4.78 is 40.0. The van der Waals surface area contributed by atoms with Crippen LogP contribution in [0.3, 0.4) is 0 Å². The van der Waals surface area contributed by atoms with Crippen molar-refractivity contribution in [3.63, 3.8) is 0 Å². The molecule has 0 aromatic heterocycles. The highest BCUT2D eigenvalue weighted by Gasteiger charge is 2.23. The fourth-order valence-electron chi connectivity index (χ4n) is 2.18. The molecule has 1 amide bonds. The smallest absolute Gasteiger partial charge is 0.224 e. The summed E-state index contributed by atoms with van der Waals surface area (Å²) >= 11 is 0. The maximum atomic E-state index is 13.7. The van der Waals surface area contributed by atoms with Crippen LogP contribution in [0.25, 0.3) is 0 Å². The Kier molecular flexibility index (Phi) is 4.65. The van der Waals surface area contributed by atoms with Gasteiger partial charge in [0.2, 0.25) is 5.91 Å². The Balaban J connectivity index is 1.98. The van der Waals surface area contributed by atoms with Crippen molar-refractivity contribution < 1.29 is 18.0 Å². The summed E-state index contributed by atoms with van der Waals surface area (Å²) in [5.74, 6) is -2.52. The van der Waals surface area contributed by atoms with Crippen LogP contribution in [-0.2, 0) is 4.79 Å². The van der Waals surface area contributed by atoms with Gasteiger partial charge in [-0.15, -0.1) is 0 Å². The Labute approximate surface area is 115 Å². The van der Waals surface area contributed by atoms with Gasteiger partial charge in [0.25, 0.3) is 0 Å². The fraction of sp³-hybridized carbons (Fsp3) is 0.500. The van der Waals surface area contributed by atoms with Crippen LogP contribution in [0.15, 0.2) is 35.2 Å². The van der Waals surface area contributed by atoms with Gasteiger partial charge in [0.1, 0.15) is 17.5 Å². The van der Waals surface area contributed by atoms with Crippen molar-refractivity contribution in [2.24, 2.45) is 5.73 Å². The van der Waals surface area contributed by atoms with Gasteiger partial charge in [-0.2, -0.15) is 0 Å². The Hall–Kier alpha value is -1.56. The first-order valence-corrected chi connectivity index (χ1v) is 6.60. The van der Waals surface area contributed by atoms with Gasteiger partial charge in [0, 0.05) is 31.6 Å². The SMILES string of the molecule is NC(CC(=O)N1CCC1)CC1=C(F)C=C(F)CC(F)=C1. The Morgan fingerprint density at radius 1 is 1.25 bits per heavy atom. The van der Waals surface area contributed by atoms with Gasteiger partial charge in [0.05, 0.1) is 6.42 Å². The second-order valence-electron chi connectivity index (χ2n) is 5.14. The minimum absolute atomic E-state index is 0.000871. The number of carbonyl (C=O) groups excluding carboxylic acids is 1. The van der Waals surface area contributed by atoms with Gasteiger partial charge in [-0.05, 0) is 24.5 Å². The van der Waals surface area contributed by atoms with E-state index in [0.717, 1.165) is 25.6 Å². The maximum absolute atomic E-state index is 13.7. The lowest BCUT2D eigenvalue weighted by Gasteiger charge is -2.31. The van der Waals surface area contributed by atoms with Gasteiger partial charge in [-0.25, -0.2) is 13.2 Å². The summed E-state index contributed by atoms with van der Waals surface area (Å²) in [5.41, 5.74) is 5.80. The van der Waals surface area contributed by atoms with Crippen LogP contribution in [0.5, 0.6) is 0 Å². The van der Waals surface area contributed by atoms with Crippen LogP contribution in [0, 0.1) is 0 Å². The number of nitrogens with zero attached hydrogens (tertiary/aromatic N) is 1. The van der Waals surface area contributed by atoms with E-state index in [1.165, 1.54) is 0 Å². The molecule has 0 spiro atoms. The van der Waals surface area contributed by atoms with Crippen molar-refractivity contribution in [3.05, 3.63) is 35.2 Å². The number of amides is 1. The molecule has 1 saturated heterocycles. The third kappa shape index (κ3) is 3.72. The van der Waals surface area contributed by atoms with Crippen molar-refractivity contribution in [3.8, 4) is 0 Å². The van der Waals surface area contributed by atoms with E-state index in [9.17, 15) is 18.0 Å². The van der Waals surface area contributed by atoms with Gasteiger partial charge < -0.3 is 10.6 Å². The van der Waals surface area contributed by atoms with Crippen molar-refractivity contribution in [1.82, 2.24) is 4.90 Å². The summed E-state index contributed by atoms with van der Waals surface area (Å²) in [4.78, 5) is 13.4. The molecule has 0 radical (unpaired) electrons. The van der Waals surface area contributed by atoms with E-state index in [1.54, 1.807) is 4.90 Å². The third-order valence-corrected chi connectivity index (χ3v) is 3.39. The molecule has 0 saturated carbocycles. The molecule has 1 atom stereocenters. The zero-order chi connectivity index (χ0) is 14.7. The van der Waals surface area contributed by atoms with Crippen LogP contribution in [0.2, 0.25) is 0 Å². The zero-order valence-corrected chi connectivity index (χ0v) is 11.0. The summed E-state index contributed by atoms with van der Waals surface area (Å²) in [7, 11) is 0. The molecule has 6 heteroatoms. The molecule has 1 unspecified atom stereocenters. The molecular weight excluding hydrogens is 269 g/mol. The zero-order valence-electron chi connectivity index (χ0n) is 11.0. The number of hydrogen-bond acceptors (Lipinski definition) is 2. The number of hydrogen-bond donors (Lipinski definition) is 1. The van der Waals surface area contributed by atoms with Crippen LogP contribution in [0.4, 0.5) is 13.2 Å². The molecule has 1 aliphatic heterocycles. The van der Waals surface area contributed by atoms with E-state index < -0.39 is 29.9 Å². The first-order chi connectivity index (χ1) is 9.45. The lowest BCUT2D eigenvalue weighted by Crippen LogP contribution is -2.44. The van der Waals surface area contributed by atoms with Gasteiger partial charge in [-0.3, -0.25) is 4.79 Å². The molecule has 2 N–H and O–H groups in total. The van der Waals surface area contributed by atoms with E-state index in [2.05, 4.69) is 0 Å². The molecule has 1 aliphatic carbocycles. The first kappa shape index (κ1) is 14.8. The molecule has 0 bridgehead atoms. The van der Waals surface area contributed by atoms with Crippen LogP contribution < -0.4 is 5.73 Å². The number of carbonyl (C=O) groups is 1. The van der Waals surface area contributed by atoms with E-state index in [-0.39, 0.29) is 24.3 Å². The quantitative estimate of drug-likeness (QED) is 0.863. The molecule has 0 aromatic carbocycles. The van der Waals surface area contributed by atoms with Crippen molar-refractivity contribution in [2.45, 2.75) is 31.7 Å². The topological polar surface area (TPSA) is 46.3 Å². The monoisotopic (exact) mass is 286 g/mol. The summed E-state index contributed by atoms with van der Waals surface area (Å²) in [6.07, 6.45) is 2.16. The molecule has 3 nitrogen and oxygen atoms in total. The number of halogens is 3. The predicted molar refractivity (Wildman–Crippen MR) is 69.5 cm³/mol. The van der Waals surface area contributed by atoms with E-state index in [0.29, 0.717) is 6.08 Å². The Bertz CT molecular complexity index is 493. The average Bonchev–Trinajstić information content (AvgIpc) is 2.34. The molecule has 20 heavy (non-hydrogen) atoms. The lowest BCUT2D eigenvalue weighted by molar-refractivity contribution is -0.134. The molecule has 2 rings (SSSR count). The van der Waals surface area contributed by atoms with Crippen molar-refractivity contribution >= 4 is 5.91 Å². The van der Waals surface area contributed by atoms with Gasteiger partial charge in [0.15, 0.2) is 0 Å². The molecule has 110 valence electrons. The second kappa shape index (κ2) is 6.26. The Morgan fingerprint density at radius 2 is 1.90 bits per heavy atom.